The molecule has 0 radical (unpaired) electrons. The highest BCUT2D eigenvalue weighted by molar-refractivity contribution is 5.11. The summed E-state index contributed by atoms with van der Waals surface area (Å²) in [6, 6.07) is 3.71. The van der Waals surface area contributed by atoms with E-state index in [1.807, 2.05) is 24.6 Å². The third-order valence-electron chi connectivity index (χ3n) is 2.57. The van der Waals surface area contributed by atoms with Crippen LogP contribution in [-0.4, -0.2) is 24.9 Å². The lowest BCUT2D eigenvalue weighted by atomic mass is 10.1. The second-order valence-corrected chi connectivity index (χ2v) is 3.92. The van der Waals surface area contributed by atoms with Crippen LogP contribution in [0.15, 0.2) is 24.5 Å². The zero-order valence-electron chi connectivity index (χ0n) is 10.0. The third-order valence-corrected chi connectivity index (χ3v) is 2.57. The van der Waals surface area contributed by atoms with Crippen molar-refractivity contribution in [2.24, 2.45) is 0 Å². The number of aliphatic hydroxyl groups excluding tert-OH is 1. The van der Waals surface area contributed by atoms with E-state index in [-0.39, 0.29) is 0 Å². The Morgan fingerprint density at radius 2 is 2.06 bits per heavy atom. The van der Waals surface area contributed by atoms with E-state index in [2.05, 4.69) is 15.1 Å². The molecule has 2 heterocycles. The lowest BCUT2D eigenvalue weighted by Gasteiger charge is -2.09. The summed E-state index contributed by atoms with van der Waals surface area (Å²) < 4.78 is 1.89. The van der Waals surface area contributed by atoms with Gasteiger partial charge in [0.05, 0.1) is 5.69 Å². The van der Waals surface area contributed by atoms with Crippen molar-refractivity contribution in [1.29, 1.82) is 0 Å². The van der Waals surface area contributed by atoms with Gasteiger partial charge in [-0.1, -0.05) is 0 Å². The van der Waals surface area contributed by atoms with Crippen LogP contribution >= 0.6 is 0 Å². The molecule has 0 fully saturated rings. The molecule has 0 saturated heterocycles. The Balaban J connectivity index is 2.15. The minimum atomic E-state index is -0.683. The van der Waals surface area contributed by atoms with E-state index in [0.717, 1.165) is 17.9 Å². The molecule has 5 nitrogen and oxygen atoms in total. The molecule has 0 aromatic carbocycles. The first kappa shape index (κ1) is 11.7. The van der Waals surface area contributed by atoms with Crippen molar-refractivity contribution in [2.45, 2.75) is 32.9 Å². The monoisotopic (exact) mass is 232 g/mol. The molecular formula is C12H16N4O. The molecule has 1 N–H and O–H groups in total. The van der Waals surface area contributed by atoms with Crippen LogP contribution in [0.3, 0.4) is 0 Å². The van der Waals surface area contributed by atoms with E-state index in [0.29, 0.717) is 12.2 Å². The quantitative estimate of drug-likeness (QED) is 0.862. The Morgan fingerprint density at radius 1 is 1.35 bits per heavy atom. The number of aromatic nitrogens is 4. The molecule has 2 aromatic rings. The van der Waals surface area contributed by atoms with Crippen molar-refractivity contribution in [2.75, 3.05) is 0 Å². The van der Waals surface area contributed by atoms with Gasteiger partial charge in [0.15, 0.2) is 5.82 Å². The molecule has 0 amide bonds. The molecule has 2 rings (SSSR count). The Labute approximate surface area is 100 Å². The van der Waals surface area contributed by atoms with Crippen LogP contribution in [0.2, 0.25) is 0 Å². The molecule has 0 aliphatic carbocycles. The highest BCUT2D eigenvalue weighted by Crippen LogP contribution is 2.15. The minimum Gasteiger partial charge on any atom is -0.385 e. The van der Waals surface area contributed by atoms with Gasteiger partial charge in [0, 0.05) is 31.1 Å². The van der Waals surface area contributed by atoms with Gasteiger partial charge in [-0.15, -0.1) is 0 Å². The maximum Gasteiger partial charge on any atom is 0.157 e. The zero-order chi connectivity index (χ0) is 12.3. The maximum atomic E-state index is 10.0. The van der Waals surface area contributed by atoms with E-state index < -0.39 is 6.10 Å². The molecule has 17 heavy (non-hydrogen) atoms. The largest absolute Gasteiger partial charge is 0.385 e. The van der Waals surface area contributed by atoms with Crippen molar-refractivity contribution >= 4 is 0 Å². The summed E-state index contributed by atoms with van der Waals surface area (Å²) >= 11 is 0. The Morgan fingerprint density at radius 3 is 2.71 bits per heavy atom. The number of hydrogen-bond acceptors (Lipinski definition) is 4. The molecule has 1 atom stereocenters. The SMILES string of the molecule is CCn1nc(C)cc1CC(O)c1ncccn1. The molecule has 5 heteroatoms. The summed E-state index contributed by atoms with van der Waals surface area (Å²) in [4.78, 5) is 8.09. The topological polar surface area (TPSA) is 63.8 Å². The fraction of sp³-hybridized carbons (Fsp3) is 0.417. The van der Waals surface area contributed by atoms with Gasteiger partial charge in [-0.05, 0) is 26.0 Å². The second-order valence-electron chi connectivity index (χ2n) is 3.92. The molecule has 2 aromatic heterocycles. The van der Waals surface area contributed by atoms with Gasteiger partial charge < -0.3 is 5.11 Å². The van der Waals surface area contributed by atoms with E-state index in [4.69, 9.17) is 0 Å². The summed E-state index contributed by atoms with van der Waals surface area (Å²) in [5, 5.41) is 14.4. The Bertz CT molecular complexity index is 481. The van der Waals surface area contributed by atoms with Crippen LogP contribution in [-0.2, 0) is 13.0 Å². The second kappa shape index (κ2) is 5.05. The summed E-state index contributed by atoms with van der Waals surface area (Å²) in [6.07, 6.45) is 3.07. The number of hydrogen-bond donors (Lipinski definition) is 1. The van der Waals surface area contributed by atoms with Gasteiger partial charge >= 0.3 is 0 Å². The average Bonchev–Trinajstić information content (AvgIpc) is 2.70. The maximum absolute atomic E-state index is 10.0. The number of rotatable bonds is 4. The number of nitrogens with zero attached hydrogens (tertiary/aromatic N) is 4. The molecule has 0 saturated carbocycles. The summed E-state index contributed by atoms with van der Waals surface area (Å²) in [5.74, 6) is 0.453. The van der Waals surface area contributed by atoms with Gasteiger partial charge in [0.25, 0.3) is 0 Å². The third kappa shape index (κ3) is 2.68. The molecule has 0 bridgehead atoms. The first-order valence-corrected chi connectivity index (χ1v) is 5.69. The number of aryl methyl sites for hydroxylation is 2. The Hall–Kier alpha value is -1.75. The van der Waals surface area contributed by atoms with E-state index in [1.165, 1.54) is 0 Å². The van der Waals surface area contributed by atoms with Gasteiger partial charge in [0.1, 0.15) is 6.10 Å². The molecule has 90 valence electrons. The first-order chi connectivity index (χ1) is 8.20. The highest BCUT2D eigenvalue weighted by Gasteiger charge is 2.14. The van der Waals surface area contributed by atoms with Crippen LogP contribution < -0.4 is 0 Å². The molecule has 0 aliphatic heterocycles. The van der Waals surface area contributed by atoms with Crippen LogP contribution in [0.5, 0.6) is 0 Å². The molecule has 0 spiro atoms. The van der Waals surface area contributed by atoms with Crippen molar-refractivity contribution < 1.29 is 5.11 Å². The van der Waals surface area contributed by atoms with Gasteiger partial charge in [-0.2, -0.15) is 5.10 Å². The minimum absolute atomic E-state index is 0.453. The van der Waals surface area contributed by atoms with Crippen LogP contribution in [0.1, 0.15) is 30.2 Å². The van der Waals surface area contributed by atoms with Gasteiger partial charge in [-0.25, -0.2) is 9.97 Å². The fourth-order valence-electron chi connectivity index (χ4n) is 1.81. The van der Waals surface area contributed by atoms with Crippen LogP contribution in [0, 0.1) is 6.92 Å². The number of aliphatic hydroxyl groups is 1. The summed E-state index contributed by atoms with van der Waals surface area (Å²) in [5.41, 5.74) is 1.97. The van der Waals surface area contributed by atoms with Crippen molar-refractivity contribution in [3.8, 4) is 0 Å². The lowest BCUT2D eigenvalue weighted by Crippen LogP contribution is -2.10. The molecule has 1 unspecified atom stereocenters. The van der Waals surface area contributed by atoms with Crippen LogP contribution in [0.25, 0.3) is 0 Å². The average molecular weight is 232 g/mol. The lowest BCUT2D eigenvalue weighted by molar-refractivity contribution is 0.165. The van der Waals surface area contributed by atoms with Crippen LogP contribution in [0.4, 0.5) is 0 Å². The molecule has 0 aliphatic rings. The van der Waals surface area contributed by atoms with E-state index in [9.17, 15) is 5.11 Å². The van der Waals surface area contributed by atoms with Gasteiger partial charge in [-0.3, -0.25) is 4.68 Å². The van der Waals surface area contributed by atoms with Crippen molar-refractivity contribution in [3.05, 3.63) is 41.7 Å². The first-order valence-electron chi connectivity index (χ1n) is 5.69. The predicted octanol–water partition coefficient (Wildman–Crippen LogP) is 1.28. The highest BCUT2D eigenvalue weighted by atomic mass is 16.3. The van der Waals surface area contributed by atoms with E-state index in [1.54, 1.807) is 18.5 Å². The van der Waals surface area contributed by atoms with Crippen molar-refractivity contribution in [3.63, 3.8) is 0 Å². The van der Waals surface area contributed by atoms with E-state index >= 15 is 0 Å². The van der Waals surface area contributed by atoms with Gasteiger partial charge in [0.2, 0.25) is 0 Å². The summed E-state index contributed by atoms with van der Waals surface area (Å²) in [6.45, 7) is 4.77. The zero-order valence-corrected chi connectivity index (χ0v) is 10.0. The standard InChI is InChI=1S/C12H16N4O/c1-3-16-10(7-9(2)15-16)8-11(17)12-13-5-4-6-14-12/h4-7,11,17H,3,8H2,1-2H3. The molecular weight excluding hydrogens is 216 g/mol. The smallest absolute Gasteiger partial charge is 0.157 e. The predicted molar refractivity (Wildman–Crippen MR) is 63.3 cm³/mol. The Kier molecular flexibility index (Phi) is 3.49. The fourth-order valence-corrected chi connectivity index (χ4v) is 1.81. The van der Waals surface area contributed by atoms with Crippen molar-refractivity contribution in [1.82, 2.24) is 19.7 Å². The summed E-state index contributed by atoms with van der Waals surface area (Å²) in [7, 11) is 0. The normalized spacial score (nSPS) is 12.6.